The maximum Gasteiger partial charge on any atom is 0.416 e. The highest BCUT2D eigenvalue weighted by atomic mass is 32.1. The summed E-state index contributed by atoms with van der Waals surface area (Å²) in [7, 11) is 1.59. The van der Waals surface area contributed by atoms with Crippen LogP contribution in [0.4, 0.5) is 13.2 Å². The number of hydrogen-bond donors (Lipinski definition) is 1. The number of piperazine rings is 1. The first kappa shape index (κ1) is 24.0. The number of carbonyl (C=O) groups is 1. The van der Waals surface area contributed by atoms with Crippen LogP contribution in [0.5, 0.6) is 5.75 Å². The van der Waals surface area contributed by atoms with Gasteiger partial charge in [-0.05, 0) is 48.1 Å². The topological polar surface area (TPSA) is 66.4 Å². The molecule has 0 unspecified atom stereocenters. The largest absolute Gasteiger partial charge is 0.497 e. The van der Waals surface area contributed by atoms with Gasteiger partial charge in [-0.1, -0.05) is 18.2 Å². The number of H-pyrrole nitrogens is 1. The van der Waals surface area contributed by atoms with Crippen LogP contribution in [0.1, 0.15) is 11.1 Å². The van der Waals surface area contributed by atoms with E-state index in [4.69, 9.17) is 17.0 Å². The number of halogens is 3. The zero-order valence-corrected chi connectivity index (χ0v) is 19.3. The molecule has 0 atom stereocenters. The van der Waals surface area contributed by atoms with Crippen molar-refractivity contribution in [2.75, 3.05) is 33.3 Å². The molecule has 0 aliphatic carbocycles. The average molecular weight is 492 g/mol. The van der Waals surface area contributed by atoms with E-state index in [1.54, 1.807) is 22.6 Å². The summed E-state index contributed by atoms with van der Waals surface area (Å²) in [6.07, 6.45) is -4.36. The van der Waals surface area contributed by atoms with Crippen LogP contribution >= 0.6 is 12.2 Å². The molecule has 2 heterocycles. The number of ether oxygens (including phenoxy) is 1. The van der Waals surface area contributed by atoms with Crippen molar-refractivity contribution < 1.29 is 22.7 Å². The minimum absolute atomic E-state index is 0.0460. The van der Waals surface area contributed by atoms with Gasteiger partial charge in [-0.15, -0.1) is 0 Å². The Morgan fingerprint density at radius 1 is 1.12 bits per heavy atom. The van der Waals surface area contributed by atoms with Gasteiger partial charge in [-0.2, -0.15) is 18.3 Å². The van der Waals surface area contributed by atoms with E-state index in [9.17, 15) is 18.0 Å². The molecule has 2 aromatic carbocycles. The third kappa shape index (κ3) is 5.48. The third-order valence-corrected chi connectivity index (χ3v) is 6.10. The van der Waals surface area contributed by atoms with Crippen LogP contribution in [0.25, 0.3) is 11.4 Å². The minimum Gasteiger partial charge on any atom is -0.497 e. The maximum atomic E-state index is 13.0. The number of methoxy groups -OCH3 is 1. The molecule has 0 bridgehead atoms. The van der Waals surface area contributed by atoms with Crippen molar-refractivity contribution in [3.8, 4) is 17.1 Å². The Morgan fingerprint density at radius 2 is 1.82 bits per heavy atom. The molecule has 1 aromatic heterocycles. The van der Waals surface area contributed by atoms with Crippen LogP contribution < -0.4 is 4.74 Å². The molecular weight excluding hydrogens is 467 g/mol. The van der Waals surface area contributed by atoms with Gasteiger partial charge >= 0.3 is 6.18 Å². The number of alkyl halides is 3. The molecule has 1 saturated heterocycles. The lowest BCUT2D eigenvalue weighted by Gasteiger charge is -2.35. The molecule has 1 aliphatic rings. The Morgan fingerprint density at radius 3 is 2.47 bits per heavy atom. The Bertz CT molecular complexity index is 1200. The van der Waals surface area contributed by atoms with Gasteiger partial charge in [0.1, 0.15) is 12.3 Å². The highest BCUT2D eigenvalue weighted by Gasteiger charge is 2.30. The molecule has 4 rings (SSSR count). The van der Waals surface area contributed by atoms with Gasteiger partial charge in [0.25, 0.3) is 0 Å². The SMILES string of the molecule is COc1ccc(-c2n[nH]c(=S)n2CC(=O)N2CCN(Cc3cccc(C(F)(F)F)c3)CC2)cc1. The zero-order chi connectivity index (χ0) is 24.3. The first-order valence-corrected chi connectivity index (χ1v) is 11.1. The molecule has 1 fully saturated rings. The first-order chi connectivity index (χ1) is 16.2. The lowest BCUT2D eigenvalue weighted by molar-refractivity contribution is -0.137. The van der Waals surface area contributed by atoms with Crippen molar-refractivity contribution in [3.05, 3.63) is 64.4 Å². The fourth-order valence-electron chi connectivity index (χ4n) is 3.92. The summed E-state index contributed by atoms with van der Waals surface area (Å²) in [6.45, 7) is 2.57. The molecule has 1 amide bonds. The molecule has 11 heteroatoms. The molecule has 34 heavy (non-hydrogen) atoms. The second kappa shape index (κ2) is 9.98. The molecule has 1 N–H and O–H groups in total. The van der Waals surface area contributed by atoms with E-state index < -0.39 is 11.7 Å². The van der Waals surface area contributed by atoms with Gasteiger partial charge in [-0.25, -0.2) is 0 Å². The normalized spacial score (nSPS) is 14.9. The van der Waals surface area contributed by atoms with Crippen LogP contribution in [-0.4, -0.2) is 63.8 Å². The second-order valence-corrected chi connectivity index (χ2v) is 8.41. The number of nitrogens with zero attached hydrogens (tertiary/aromatic N) is 4. The summed E-state index contributed by atoms with van der Waals surface area (Å²) in [5.74, 6) is 1.18. The Labute approximate surface area is 199 Å². The van der Waals surface area contributed by atoms with E-state index in [1.807, 2.05) is 29.2 Å². The van der Waals surface area contributed by atoms with Crippen molar-refractivity contribution in [3.63, 3.8) is 0 Å². The van der Waals surface area contributed by atoms with Crippen molar-refractivity contribution >= 4 is 18.1 Å². The zero-order valence-electron chi connectivity index (χ0n) is 18.5. The van der Waals surface area contributed by atoms with E-state index in [0.717, 1.165) is 11.6 Å². The van der Waals surface area contributed by atoms with Crippen molar-refractivity contribution in [2.45, 2.75) is 19.3 Å². The predicted molar refractivity (Wildman–Crippen MR) is 123 cm³/mol. The number of hydrogen-bond acceptors (Lipinski definition) is 5. The van der Waals surface area contributed by atoms with Gasteiger partial charge in [0.2, 0.25) is 5.91 Å². The van der Waals surface area contributed by atoms with Crippen LogP contribution in [-0.2, 0) is 24.1 Å². The van der Waals surface area contributed by atoms with E-state index >= 15 is 0 Å². The molecule has 1 aliphatic heterocycles. The predicted octanol–water partition coefficient (Wildman–Crippen LogP) is 3.98. The minimum atomic E-state index is -4.36. The monoisotopic (exact) mass is 491 g/mol. The molecule has 3 aromatic rings. The van der Waals surface area contributed by atoms with Gasteiger partial charge < -0.3 is 9.64 Å². The molecule has 180 valence electrons. The van der Waals surface area contributed by atoms with Gasteiger partial charge in [-0.3, -0.25) is 19.4 Å². The third-order valence-electron chi connectivity index (χ3n) is 5.79. The lowest BCUT2D eigenvalue weighted by Crippen LogP contribution is -2.49. The summed E-state index contributed by atoms with van der Waals surface area (Å²) in [4.78, 5) is 16.8. The maximum absolute atomic E-state index is 13.0. The van der Waals surface area contributed by atoms with Crippen LogP contribution in [0.2, 0.25) is 0 Å². The van der Waals surface area contributed by atoms with Crippen LogP contribution in [0.15, 0.2) is 48.5 Å². The number of benzene rings is 2. The number of nitrogens with one attached hydrogen (secondary N) is 1. The molecule has 7 nitrogen and oxygen atoms in total. The number of amides is 1. The van der Waals surface area contributed by atoms with Gasteiger partial charge in [0.15, 0.2) is 10.6 Å². The Kier molecular flexibility index (Phi) is 7.03. The number of rotatable bonds is 6. The number of aromatic nitrogens is 3. The van der Waals surface area contributed by atoms with Gasteiger partial charge in [0.05, 0.1) is 12.7 Å². The van der Waals surface area contributed by atoms with Crippen molar-refractivity contribution in [1.82, 2.24) is 24.6 Å². The lowest BCUT2D eigenvalue weighted by atomic mass is 10.1. The molecular formula is C23H24F3N5O2S. The van der Waals surface area contributed by atoms with Crippen molar-refractivity contribution in [2.24, 2.45) is 0 Å². The second-order valence-electron chi connectivity index (χ2n) is 8.02. The first-order valence-electron chi connectivity index (χ1n) is 10.7. The van der Waals surface area contributed by atoms with Crippen LogP contribution in [0.3, 0.4) is 0 Å². The van der Waals surface area contributed by atoms with E-state index in [-0.39, 0.29) is 12.5 Å². The summed E-state index contributed by atoms with van der Waals surface area (Å²) in [5.41, 5.74) is 0.749. The quantitative estimate of drug-likeness (QED) is 0.529. The fraction of sp³-hybridized carbons (Fsp3) is 0.348. The van der Waals surface area contributed by atoms with E-state index in [1.165, 1.54) is 12.1 Å². The molecule has 0 saturated carbocycles. The van der Waals surface area contributed by atoms with Gasteiger partial charge in [0, 0.05) is 38.3 Å². The van der Waals surface area contributed by atoms with E-state index in [0.29, 0.717) is 54.6 Å². The highest BCUT2D eigenvalue weighted by molar-refractivity contribution is 7.71. The number of carbonyl (C=O) groups excluding carboxylic acids is 1. The standard InChI is InChI=1S/C23H24F3N5O2S/c1-33-19-7-5-17(6-8-19)21-27-28-22(34)31(21)15-20(32)30-11-9-29(10-12-30)14-16-3-2-4-18(13-16)23(24,25)26/h2-8,13H,9-12,14-15H2,1H3,(H,28,34). The van der Waals surface area contributed by atoms with E-state index in [2.05, 4.69) is 10.2 Å². The average Bonchev–Trinajstić information content (AvgIpc) is 3.19. The summed E-state index contributed by atoms with van der Waals surface area (Å²) >= 11 is 5.33. The molecule has 0 spiro atoms. The molecule has 0 radical (unpaired) electrons. The summed E-state index contributed by atoms with van der Waals surface area (Å²) in [5, 5.41) is 7.02. The van der Waals surface area contributed by atoms with Crippen molar-refractivity contribution in [1.29, 1.82) is 0 Å². The Balaban J connectivity index is 1.37. The fourth-order valence-corrected chi connectivity index (χ4v) is 4.12. The Hall–Kier alpha value is -3.18. The summed E-state index contributed by atoms with van der Waals surface area (Å²) < 4.78 is 46.1. The summed E-state index contributed by atoms with van der Waals surface area (Å²) in [6, 6.07) is 12.7. The van der Waals surface area contributed by atoms with Crippen LogP contribution in [0, 0.1) is 4.77 Å². The smallest absolute Gasteiger partial charge is 0.416 e. The highest BCUT2D eigenvalue weighted by Crippen LogP contribution is 2.30. The number of aromatic amines is 1.